The largest absolute Gasteiger partial charge is 0.331 e. The van der Waals surface area contributed by atoms with Crippen molar-refractivity contribution in [2.75, 3.05) is 17.8 Å². The van der Waals surface area contributed by atoms with Crippen molar-refractivity contribution in [3.63, 3.8) is 0 Å². The second-order valence-corrected chi connectivity index (χ2v) is 9.27. The molecule has 2 atom stereocenters. The van der Waals surface area contributed by atoms with Crippen molar-refractivity contribution in [1.82, 2.24) is 10.2 Å². The third-order valence-electron chi connectivity index (χ3n) is 5.58. The maximum absolute atomic E-state index is 13.2. The third-order valence-corrected chi connectivity index (χ3v) is 6.96. The lowest BCUT2D eigenvalue weighted by Crippen LogP contribution is -2.42. The molecule has 7 heteroatoms. The number of carbonyl (C=O) groups excluding carboxylic acids is 1. The average Bonchev–Trinajstić information content (AvgIpc) is 2.95. The van der Waals surface area contributed by atoms with Crippen LogP contribution in [0.1, 0.15) is 35.2 Å². The summed E-state index contributed by atoms with van der Waals surface area (Å²) in [5, 5.41) is 3.38. The Balaban J connectivity index is 1.58. The molecule has 0 spiro atoms. The van der Waals surface area contributed by atoms with Crippen LogP contribution in [0.3, 0.4) is 0 Å². The second-order valence-electron chi connectivity index (χ2n) is 7.59. The van der Waals surface area contributed by atoms with Gasteiger partial charge >= 0.3 is 0 Å². The Morgan fingerprint density at radius 3 is 2.61 bits per heavy atom. The lowest BCUT2D eigenvalue weighted by molar-refractivity contribution is 0.0680. The van der Waals surface area contributed by atoms with Crippen molar-refractivity contribution < 1.29 is 13.2 Å². The van der Waals surface area contributed by atoms with Gasteiger partial charge in [-0.05, 0) is 63.1 Å². The first kappa shape index (κ1) is 19.0. The number of aryl methyl sites for hydroxylation is 1. The second kappa shape index (κ2) is 7.56. The zero-order valence-electron chi connectivity index (χ0n) is 15.9. The van der Waals surface area contributed by atoms with Gasteiger partial charge in [-0.15, -0.1) is 0 Å². The van der Waals surface area contributed by atoms with Crippen molar-refractivity contribution >= 4 is 21.6 Å². The van der Waals surface area contributed by atoms with Crippen molar-refractivity contribution in [3.05, 3.63) is 59.7 Å². The number of sulfonamides is 1. The summed E-state index contributed by atoms with van der Waals surface area (Å²) >= 11 is 0. The number of nitrogens with zero attached hydrogens (tertiary/aromatic N) is 1. The molecule has 2 saturated heterocycles. The molecule has 28 heavy (non-hydrogen) atoms. The van der Waals surface area contributed by atoms with E-state index in [1.165, 1.54) is 12.1 Å². The molecule has 2 N–H and O–H groups in total. The number of benzene rings is 2. The number of nitrogens with one attached hydrogen (secondary N) is 2. The first-order chi connectivity index (χ1) is 13.4. The van der Waals surface area contributed by atoms with Crippen LogP contribution in [0.25, 0.3) is 0 Å². The summed E-state index contributed by atoms with van der Waals surface area (Å²) in [6.07, 6.45) is 2.95. The van der Waals surface area contributed by atoms with Crippen molar-refractivity contribution in [2.24, 2.45) is 0 Å². The fraction of sp³-hybridized carbons (Fsp3) is 0.381. The number of hydrogen-bond donors (Lipinski definition) is 2. The van der Waals surface area contributed by atoms with Gasteiger partial charge in [-0.1, -0.05) is 23.8 Å². The molecule has 1 amide bonds. The highest BCUT2D eigenvalue weighted by Crippen LogP contribution is 2.30. The first-order valence-corrected chi connectivity index (χ1v) is 11.2. The monoisotopic (exact) mass is 399 g/mol. The van der Waals surface area contributed by atoms with E-state index in [1.54, 1.807) is 24.3 Å². The van der Waals surface area contributed by atoms with Gasteiger partial charge < -0.3 is 10.2 Å². The molecule has 0 aliphatic carbocycles. The van der Waals surface area contributed by atoms with Crippen LogP contribution < -0.4 is 10.0 Å². The van der Waals surface area contributed by atoms with E-state index in [9.17, 15) is 13.2 Å². The Labute approximate surface area is 166 Å². The third kappa shape index (κ3) is 3.77. The van der Waals surface area contributed by atoms with Gasteiger partial charge in [0, 0.05) is 29.9 Å². The Kier molecular flexibility index (Phi) is 5.12. The fourth-order valence-electron chi connectivity index (χ4n) is 4.09. The lowest BCUT2D eigenvalue weighted by Gasteiger charge is -2.28. The molecule has 2 aliphatic rings. The number of hydrogen-bond acceptors (Lipinski definition) is 4. The van der Waals surface area contributed by atoms with Crippen LogP contribution in [0.15, 0.2) is 53.4 Å². The van der Waals surface area contributed by atoms with Crippen LogP contribution in [0, 0.1) is 6.92 Å². The predicted molar refractivity (Wildman–Crippen MR) is 109 cm³/mol. The Morgan fingerprint density at radius 1 is 1.07 bits per heavy atom. The van der Waals surface area contributed by atoms with Crippen molar-refractivity contribution in [3.8, 4) is 0 Å². The lowest BCUT2D eigenvalue weighted by atomic mass is 10.1. The fourth-order valence-corrected chi connectivity index (χ4v) is 5.20. The smallest absolute Gasteiger partial charge is 0.261 e. The average molecular weight is 400 g/mol. The summed E-state index contributed by atoms with van der Waals surface area (Å²) in [4.78, 5) is 15.2. The van der Waals surface area contributed by atoms with Gasteiger partial charge in [-0.3, -0.25) is 9.52 Å². The Hall–Kier alpha value is -2.38. The van der Waals surface area contributed by atoms with Gasteiger partial charge in [-0.25, -0.2) is 8.42 Å². The number of rotatable bonds is 4. The molecule has 6 nitrogen and oxygen atoms in total. The molecule has 2 unspecified atom stereocenters. The minimum absolute atomic E-state index is 0.0800. The zero-order chi connectivity index (χ0) is 19.7. The highest BCUT2D eigenvalue weighted by molar-refractivity contribution is 7.92. The topological polar surface area (TPSA) is 78.5 Å². The van der Waals surface area contributed by atoms with E-state index in [4.69, 9.17) is 0 Å². The molecule has 2 fully saturated rings. The molecular weight excluding hydrogens is 374 g/mol. The summed E-state index contributed by atoms with van der Waals surface area (Å²) in [7, 11) is -3.76. The van der Waals surface area contributed by atoms with Gasteiger partial charge in [0.1, 0.15) is 0 Å². The highest BCUT2D eigenvalue weighted by Gasteiger charge is 2.38. The highest BCUT2D eigenvalue weighted by atomic mass is 32.2. The van der Waals surface area contributed by atoms with Gasteiger partial charge in [-0.2, -0.15) is 0 Å². The molecule has 148 valence electrons. The molecule has 2 aliphatic heterocycles. The zero-order valence-corrected chi connectivity index (χ0v) is 16.7. The maximum atomic E-state index is 13.2. The summed E-state index contributed by atoms with van der Waals surface area (Å²) < 4.78 is 28.2. The minimum Gasteiger partial charge on any atom is -0.331 e. The molecule has 0 saturated carbocycles. The SMILES string of the molecule is Cc1ccc(NS(=O)(=O)c2cccc(C(=O)N3C4CCNCC3CC4)c2)cc1. The standard InChI is InChI=1S/C21H25N3O3S/c1-15-5-7-17(8-6-15)23-28(26,27)20-4-2-3-16(13-20)21(25)24-18-9-10-19(24)14-22-12-11-18/h2-8,13,18-19,22-23H,9-12,14H2,1H3. The molecule has 4 rings (SSSR count). The molecule has 0 aromatic heterocycles. The van der Waals surface area contributed by atoms with E-state index in [-0.39, 0.29) is 22.9 Å². The van der Waals surface area contributed by atoms with Gasteiger partial charge in [0.25, 0.3) is 15.9 Å². The summed E-state index contributed by atoms with van der Waals surface area (Å²) in [5.41, 5.74) is 1.97. The molecule has 2 aromatic carbocycles. The van der Waals surface area contributed by atoms with Gasteiger partial charge in [0.2, 0.25) is 0 Å². The summed E-state index contributed by atoms with van der Waals surface area (Å²) in [6, 6.07) is 13.9. The van der Waals surface area contributed by atoms with Crippen molar-refractivity contribution in [2.45, 2.75) is 43.2 Å². The summed E-state index contributed by atoms with van der Waals surface area (Å²) in [6.45, 7) is 3.66. The van der Waals surface area contributed by atoms with E-state index in [0.717, 1.165) is 37.9 Å². The van der Waals surface area contributed by atoms with Crippen LogP contribution >= 0.6 is 0 Å². The molecule has 2 heterocycles. The minimum atomic E-state index is -3.76. The van der Waals surface area contributed by atoms with Gasteiger partial charge in [0.05, 0.1) is 4.90 Å². The number of amides is 1. The molecule has 2 bridgehead atoms. The van der Waals surface area contributed by atoms with Crippen LogP contribution in [0.2, 0.25) is 0 Å². The Bertz CT molecular complexity index is 959. The van der Waals surface area contributed by atoms with Gasteiger partial charge in [0.15, 0.2) is 0 Å². The predicted octanol–water partition coefficient (Wildman–Crippen LogP) is 2.76. The van der Waals surface area contributed by atoms with Crippen LogP contribution in [-0.4, -0.2) is 44.4 Å². The number of fused-ring (bicyclic) bond motifs is 2. The number of anilines is 1. The van der Waals surface area contributed by atoms with Crippen LogP contribution in [0.4, 0.5) is 5.69 Å². The molecule has 2 aromatic rings. The maximum Gasteiger partial charge on any atom is 0.261 e. The van der Waals surface area contributed by atoms with E-state index in [2.05, 4.69) is 10.0 Å². The van der Waals surface area contributed by atoms with Crippen LogP contribution in [0.5, 0.6) is 0 Å². The quantitative estimate of drug-likeness (QED) is 0.829. The molecule has 0 radical (unpaired) electrons. The Morgan fingerprint density at radius 2 is 1.82 bits per heavy atom. The van der Waals surface area contributed by atoms with E-state index >= 15 is 0 Å². The number of carbonyl (C=O) groups is 1. The summed E-state index contributed by atoms with van der Waals surface area (Å²) in [5.74, 6) is -0.0800. The first-order valence-electron chi connectivity index (χ1n) is 9.67. The molecular formula is C21H25N3O3S. The van der Waals surface area contributed by atoms with Crippen molar-refractivity contribution in [1.29, 1.82) is 0 Å². The van der Waals surface area contributed by atoms with E-state index in [0.29, 0.717) is 11.3 Å². The van der Waals surface area contributed by atoms with E-state index in [1.807, 2.05) is 24.0 Å². The van der Waals surface area contributed by atoms with E-state index < -0.39 is 10.0 Å². The van der Waals surface area contributed by atoms with Crippen LogP contribution in [-0.2, 0) is 10.0 Å². The normalized spacial score (nSPS) is 22.0.